The van der Waals surface area contributed by atoms with Crippen molar-refractivity contribution in [3.63, 3.8) is 0 Å². The molecule has 0 amide bonds. The molecule has 0 aromatic heterocycles. The molecule has 5 heteroatoms. The molecule has 2 rings (SSSR count). The third kappa shape index (κ3) is 2.98. The number of morpholine rings is 1. The summed E-state index contributed by atoms with van der Waals surface area (Å²) in [6, 6.07) is 3.52. The number of phenolic OH excluding ortho intramolecular Hbond substituents is 1. The van der Waals surface area contributed by atoms with Crippen LogP contribution in [-0.4, -0.2) is 44.0 Å². The highest BCUT2D eigenvalue weighted by molar-refractivity contribution is 5.94. The Labute approximate surface area is 112 Å². The van der Waals surface area contributed by atoms with E-state index in [9.17, 15) is 9.90 Å². The molecule has 0 aliphatic carbocycles. The molecule has 1 aromatic carbocycles. The van der Waals surface area contributed by atoms with Crippen LogP contribution in [0.15, 0.2) is 12.1 Å². The number of phenols is 1. The number of aryl methyl sites for hydroxylation is 1. The van der Waals surface area contributed by atoms with E-state index in [0.717, 1.165) is 24.3 Å². The number of hydrogen-bond donors (Lipinski definition) is 1. The molecule has 1 aliphatic heterocycles. The van der Waals surface area contributed by atoms with Gasteiger partial charge in [-0.15, -0.1) is 0 Å². The van der Waals surface area contributed by atoms with Gasteiger partial charge in [-0.1, -0.05) is 0 Å². The van der Waals surface area contributed by atoms with Gasteiger partial charge in [0.15, 0.2) is 0 Å². The first-order chi connectivity index (χ1) is 9.13. The average molecular weight is 265 g/mol. The molecule has 5 nitrogen and oxygen atoms in total. The molecule has 1 saturated heterocycles. The van der Waals surface area contributed by atoms with Gasteiger partial charge in [0.1, 0.15) is 11.3 Å². The van der Waals surface area contributed by atoms with E-state index >= 15 is 0 Å². The number of aromatic hydroxyl groups is 1. The molecule has 1 heterocycles. The molecule has 1 fully saturated rings. The van der Waals surface area contributed by atoms with Crippen molar-refractivity contribution in [2.24, 2.45) is 0 Å². The first-order valence-corrected chi connectivity index (χ1v) is 6.47. The van der Waals surface area contributed by atoms with Crippen LogP contribution in [0.4, 0.5) is 5.69 Å². The van der Waals surface area contributed by atoms with Gasteiger partial charge >= 0.3 is 5.97 Å². The third-order valence-electron chi connectivity index (χ3n) is 3.16. The van der Waals surface area contributed by atoms with Crippen LogP contribution in [0.25, 0.3) is 0 Å². The van der Waals surface area contributed by atoms with Crippen molar-refractivity contribution in [3.8, 4) is 5.75 Å². The number of ether oxygens (including phenoxy) is 2. The molecule has 104 valence electrons. The minimum Gasteiger partial charge on any atom is -0.507 e. The average Bonchev–Trinajstić information content (AvgIpc) is 2.39. The number of benzene rings is 1. The van der Waals surface area contributed by atoms with Gasteiger partial charge in [0.2, 0.25) is 0 Å². The summed E-state index contributed by atoms with van der Waals surface area (Å²) in [7, 11) is 0. The summed E-state index contributed by atoms with van der Waals surface area (Å²) in [5, 5.41) is 10.0. The molecule has 19 heavy (non-hydrogen) atoms. The Morgan fingerprint density at radius 3 is 2.68 bits per heavy atom. The van der Waals surface area contributed by atoms with Crippen molar-refractivity contribution in [2.75, 3.05) is 37.8 Å². The van der Waals surface area contributed by atoms with E-state index in [2.05, 4.69) is 4.90 Å². The molecule has 0 unspecified atom stereocenters. The number of nitrogens with zero attached hydrogens (tertiary/aromatic N) is 1. The van der Waals surface area contributed by atoms with Crippen LogP contribution in [0.1, 0.15) is 22.8 Å². The molecular formula is C14H19NO4. The maximum atomic E-state index is 11.8. The minimum atomic E-state index is -0.481. The lowest BCUT2D eigenvalue weighted by molar-refractivity contribution is 0.0522. The smallest absolute Gasteiger partial charge is 0.342 e. The Balaban J connectivity index is 2.27. The highest BCUT2D eigenvalue weighted by Crippen LogP contribution is 2.29. The van der Waals surface area contributed by atoms with Gasteiger partial charge in [-0.25, -0.2) is 4.79 Å². The first-order valence-electron chi connectivity index (χ1n) is 6.47. The molecule has 0 radical (unpaired) electrons. The zero-order valence-corrected chi connectivity index (χ0v) is 11.3. The van der Waals surface area contributed by atoms with Gasteiger partial charge < -0.3 is 19.5 Å². The number of rotatable bonds is 3. The fraction of sp³-hybridized carbons (Fsp3) is 0.500. The van der Waals surface area contributed by atoms with Crippen LogP contribution in [0, 0.1) is 6.92 Å². The van der Waals surface area contributed by atoms with Crippen molar-refractivity contribution in [1.29, 1.82) is 0 Å². The Hall–Kier alpha value is -1.75. The van der Waals surface area contributed by atoms with E-state index in [1.165, 1.54) is 0 Å². The minimum absolute atomic E-state index is 0.0278. The van der Waals surface area contributed by atoms with Gasteiger partial charge in [-0.2, -0.15) is 0 Å². The van der Waals surface area contributed by atoms with Crippen molar-refractivity contribution >= 4 is 11.7 Å². The predicted molar refractivity (Wildman–Crippen MR) is 71.8 cm³/mol. The Kier molecular flexibility index (Phi) is 4.27. The zero-order valence-electron chi connectivity index (χ0n) is 11.3. The molecule has 1 aliphatic rings. The molecule has 0 bridgehead atoms. The van der Waals surface area contributed by atoms with Gasteiger partial charge in [-0.3, -0.25) is 0 Å². The lowest BCUT2D eigenvalue weighted by Crippen LogP contribution is -2.36. The fourth-order valence-electron chi connectivity index (χ4n) is 2.22. The first kappa shape index (κ1) is 13.7. The second-order valence-corrected chi connectivity index (χ2v) is 4.48. The SMILES string of the molecule is CCOC(=O)c1c(C)cc(N2CCOCC2)cc1O. The maximum absolute atomic E-state index is 11.8. The molecule has 1 aromatic rings. The number of esters is 1. The lowest BCUT2D eigenvalue weighted by Gasteiger charge is -2.29. The lowest BCUT2D eigenvalue weighted by atomic mass is 10.1. The second kappa shape index (κ2) is 5.93. The van der Waals surface area contributed by atoms with Crippen molar-refractivity contribution < 1.29 is 19.4 Å². The summed E-state index contributed by atoms with van der Waals surface area (Å²) in [6.07, 6.45) is 0. The van der Waals surface area contributed by atoms with Crippen LogP contribution < -0.4 is 4.90 Å². The largest absolute Gasteiger partial charge is 0.507 e. The highest BCUT2D eigenvalue weighted by Gasteiger charge is 2.19. The van der Waals surface area contributed by atoms with Crippen molar-refractivity contribution in [2.45, 2.75) is 13.8 Å². The topological polar surface area (TPSA) is 59.0 Å². The monoisotopic (exact) mass is 265 g/mol. The maximum Gasteiger partial charge on any atom is 0.342 e. The van der Waals surface area contributed by atoms with Gasteiger partial charge in [0.05, 0.1) is 19.8 Å². The standard InChI is InChI=1S/C14H19NO4/c1-3-19-14(17)13-10(2)8-11(9-12(13)16)15-4-6-18-7-5-15/h8-9,16H,3-7H2,1-2H3. The van der Waals surface area contributed by atoms with Crippen molar-refractivity contribution in [1.82, 2.24) is 0 Å². The summed E-state index contributed by atoms with van der Waals surface area (Å²) >= 11 is 0. The summed E-state index contributed by atoms with van der Waals surface area (Å²) in [4.78, 5) is 13.9. The number of carbonyl (C=O) groups excluding carboxylic acids is 1. The van der Waals surface area contributed by atoms with E-state index in [4.69, 9.17) is 9.47 Å². The quantitative estimate of drug-likeness (QED) is 0.843. The van der Waals surface area contributed by atoms with Crippen LogP contribution >= 0.6 is 0 Å². The number of anilines is 1. The summed E-state index contributed by atoms with van der Waals surface area (Å²) in [5.74, 6) is -0.508. The Morgan fingerprint density at radius 2 is 2.11 bits per heavy atom. The van der Waals surface area contributed by atoms with Crippen LogP contribution in [0.5, 0.6) is 5.75 Å². The number of hydrogen-bond acceptors (Lipinski definition) is 5. The molecule has 0 saturated carbocycles. The molecular weight excluding hydrogens is 246 g/mol. The van der Waals surface area contributed by atoms with Gasteiger partial charge in [-0.05, 0) is 25.5 Å². The van der Waals surface area contributed by atoms with Crippen molar-refractivity contribution in [3.05, 3.63) is 23.3 Å². The van der Waals surface area contributed by atoms with Gasteiger partial charge in [0.25, 0.3) is 0 Å². The molecule has 0 atom stereocenters. The van der Waals surface area contributed by atoms with E-state index in [0.29, 0.717) is 19.8 Å². The van der Waals surface area contributed by atoms with E-state index in [-0.39, 0.29) is 11.3 Å². The third-order valence-corrected chi connectivity index (χ3v) is 3.16. The predicted octanol–water partition coefficient (Wildman–Crippen LogP) is 1.71. The van der Waals surface area contributed by atoms with Crippen LogP contribution in [0.2, 0.25) is 0 Å². The summed E-state index contributed by atoms with van der Waals surface area (Å²) in [5.41, 5.74) is 1.88. The summed E-state index contributed by atoms with van der Waals surface area (Å²) in [6.45, 7) is 6.78. The van der Waals surface area contributed by atoms with E-state index < -0.39 is 5.97 Å². The van der Waals surface area contributed by atoms with E-state index in [1.807, 2.05) is 6.07 Å². The van der Waals surface area contributed by atoms with Gasteiger partial charge in [0, 0.05) is 24.8 Å². The van der Waals surface area contributed by atoms with Crippen LogP contribution in [-0.2, 0) is 9.47 Å². The Bertz CT molecular complexity index is 444. The Morgan fingerprint density at radius 1 is 1.42 bits per heavy atom. The fourth-order valence-corrected chi connectivity index (χ4v) is 2.22. The number of carbonyl (C=O) groups is 1. The summed E-state index contributed by atoms with van der Waals surface area (Å²) < 4.78 is 10.2. The zero-order chi connectivity index (χ0) is 13.8. The molecule has 0 spiro atoms. The van der Waals surface area contributed by atoms with E-state index in [1.54, 1.807) is 19.9 Å². The molecule has 1 N–H and O–H groups in total. The van der Waals surface area contributed by atoms with Crippen LogP contribution in [0.3, 0.4) is 0 Å². The normalized spacial score (nSPS) is 15.4. The highest BCUT2D eigenvalue weighted by atomic mass is 16.5. The second-order valence-electron chi connectivity index (χ2n) is 4.48.